The number of thioether (sulfide) groups is 1. The average Bonchev–Trinajstić information content (AvgIpc) is 3.30. The number of likely N-dealkylation sites (tertiary alicyclic amines) is 1. The number of para-hydroxylation sites is 1. The summed E-state index contributed by atoms with van der Waals surface area (Å²) in [7, 11) is 0. The van der Waals surface area contributed by atoms with Crippen LogP contribution in [0.5, 0.6) is 0 Å². The van der Waals surface area contributed by atoms with Crippen molar-refractivity contribution in [1.29, 1.82) is 0 Å². The van der Waals surface area contributed by atoms with Gasteiger partial charge in [0.15, 0.2) is 0 Å². The zero-order valence-electron chi connectivity index (χ0n) is 22.0. The van der Waals surface area contributed by atoms with Crippen LogP contribution in [0.3, 0.4) is 0 Å². The first-order chi connectivity index (χ1) is 18.3. The van der Waals surface area contributed by atoms with Crippen LogP contribution in [0.1, 0.15) is 38.7 Å². The van der Waals surface area contributed by atoms with Gasteiger partial charge in [0.25, 0.3) is 5.91 Å². The maximum atomic E-state index is 14.6. The number of carbonyl (C=O) groups excluding carboxylic acids is 3. The van der Waals surface area contributed by atoms with Crippen LogP contribution < -0.4 is 4.90 Å². The highest BCUT2D eigenvalue weighted by molar-refractivity contribution is 8.02. The molecule has 4 aliphatic heterocycles. The number of fused-ring (bicyclic) bond motifs is 2. The van der Waals surface area contributed by atoms with Crippen molar-refractivity contribution in [2.24, 2.45) is 17.8 Å². The second-order valence-corrected chi connectivity index (χ2v) is 12.6. The second-order valence-electron chi connectivity index (χ2n) is 10.7. The predicted octanol–water partition coefficient (Wildman–Crippen LogP) is 4.15. The normalized spacial score (nSPS) is 33.3. The molecule has 2 amide bonds. The molecule has 1 N–H and O–H groups in total. The van der Waals surface area contributed by atoms with Gasteiger partial charge in [-0.2, -0.15) is 0 Å². The van der Waals surface area contributed by atoms with Crippen LogP contribution in [0.4, 0.5) is 5.69 Å². The number of nitrogens with zero attached hydrogens (tertiary/aromatic N) is 2. The minimum absolute atomic E-state index is 0.0523. The number of aliphatic hydroxyl groups excluding tert-OH is 1. The van der Waals surface area contributed by atoms with Crippen molar-refractivity contribution >= 4 is 46.8 Å². The van der Waals surface area contributed by atoms with Gasteiger partial charge in [-0.1, -0.05) is 68.3 Å². The fourth-order valence-corrected chi connectivity index (χ4v) is 8.84. The lowest BCUT2D eigenvalue weighted by Crippen LogP contribution is -2.58. The number of aliphatic hydroxyl groups is 1. The standard InChI is InChI=1S/C29H35ClN2O5S/c1-4-17(2)20(16-33)32-25-27(35)31(24-18(3)10-8-11-19(24)30)14-9-13-29(25)23(26(32)34)22-21(38-29)12-6-5-7-15-37-28(22)36/h6,8-13,17,20-23,25,33H,4-5,7,14-16H2,1-3H3/b12-6-/t17-,20-,21+,22-,23-,25?,29-/m0/s1. The molecule has 1 aromatic carbocycles. The molecule has 2 saturated heterocycles. The molecular formula is C29H35ClN2O5S. The number of hydrogen-bond donors (Lipinski definition) is 1. The number of halogens is 1. The molecule has 1 unspecified atom stereocenters. The van der Waals surface area contributed by atoms with Crippen LogP contribution in [-0.4, -0.2) is 69.6 Å². The summed E-state index contributed by atoms with van der Waals surface area (Å²) < 4.78 is 4.66. The van der Waals surface area contributed by atoms with E-state index in [1.54, 1.807) is 15.9 Å². The summed E-state index contributed by atoms with van der Waals surface area (Å²) >= 11 is 8.13. The summed E-state index contributed by atoms with van der Waals surface area (Å²) in [5.41, 5.74) is 1.47. The molecule has 0 aliphatic carbocycles. The minimum Gasteiger partial charge on any atom is -0.465 e. The van der Waals surface area contributed by atoms with E-state index in [1.165, 1.54) is 11.8 Å². The van der Waals surface area contributed by atoms with Gasteiger partial charge in [-0.25, -0.2) is 0 Å². The molecule has 0 aromatic heterocycles. The summed E-state index contributed by atoms with van der Waals surface area (Å²) in [5, 5.41) is 10.7. The number of cyclic esters (lactones) is 1. The Morgan fingerprint density at radius 1 is 1.24 bits per heavy atom. The van der Waals surface area contributed by atoms with Crippen molar-refractivity contribution in [3.8, 4) is 0 Å². The highest BCUT2D eigenvalue weighted by atomic mass is 35.5. The van der Waals surface area contributed by atoms with E-state index in [-0.39, 0.29) is 29.6 Å². The minimum atomic E-state index is -0.975. The smallest absolute Gasteiger partial charge is 0.311 e. The van der Waals surface area contributed by atoms with E-state index in [0.29, 0.717) is 23.9 Å². The van der Waals surface area contributed by atoms with E-state index >= 15 is 0 Å². The summed E-state index contributed by atoms with van der Waals surface area (Å²) in [4.78, 5) is 45.7. The van der Waals surface area contributed by atoms with Crippen LogP contribution in [0, 0.1) is 24.7 Å². The lowest BCUT2D eigenvalue weighted by molar-refractivity contribution is -0.153. The van der Waals surface area contributed by atoms with Crippen molar-refractivity contribution in [2.75, 3.05) is 24.7 Å². The number of rotatable bonds is 5. The lowest BCUT2D eigenvalue weighted by atomic mass is 9.78. The molecule has 4 heterocycles. The van der Waals surface area contributed by atoms with Crippen molar-refractivity contribution in [1.82, 2.24) is 4.90 Å². The maximum Gasteiger partial charge on any atom is 0.311 e. The molecule has 7 atom stereocenters. The Morgan fingerprint density at radius 3 is 2.74 bits per heavy atom. The zero-order chi connectivity index (χ0) is 27.2. The number of allylic oxidation sites excluding steroid dienone is 1. The Morgan fingerprint density at radius 2 is 2.03 bits per heavy atom. The SMILES string of the molecule is CC[C@H](C)[C@H](CO)N1C(=O)[C@@H]2[C@H]3C(=O)OCCC/C=C\[C@H]3S[C@@]23C=CCN(c2c(C)cccc2Cl)C(=O)C13. The van der Waals surface area contributed by atoms with Gasteiger partial charge in [0.2, 0.25) is 5.91 Å². The molecule has 9 heteroatoms. The molecule has 7 nitrogen and oxygen atoms in total. The Balaban J connectivity index is 1.68. The van der Waals surface area contributed by atoms with Gasteiger partial charge in [-0.3, -0.25) is 14.4 Å². The Labute approximate surface area is 233 Å². The van der Waals surface area contributed by atoms with Crippen molar-refractivity contribution in [3.05, 3.63) is 53.1 Å². The molecule has 5 rings (SSSR count). The number of carbonyl (C=O) groups is 3. The molecule has 1 aromatic rings. The van der Waals surface area contributed by atoms with Gasteiger partial charge < -0.3 is 19.6 Å². The van der Waals surface area contributed by atoms with Crippen LogP contribution in [0.25, 0.3) is 0 Å². The van der Waals surface area contributed by atoms with Crippen LogP contribution in [-0.2, 0) is 19.1 Å². The van der Waals surface area contributed by atoms with E-state index < -0.39 is 34.6 Å². The third kappa shape index (κ3) is 4.20. The van der Waals surface area contributed by atoms with Gasteiger partial charge in [0.1, 0.15) is 6.04 Å². The fraction of sp³-hybridized carbons (Fsp3) is 0.552. The van der Waals surface area contributed by atoms with Gasteiger partial charge in [-0.05, 0) is 37.3 Å². The van der Waals surface area contributed by atoms with Crippen LogP contribution >= 0.6 is 23.4 Å². The van der Waals surface area contributed by atoms with Gasteiger partial charge >= 0.3 is 5.97 Å². The van der Waals surface area contributed by atoms with Crippen molar-refractivity contribution in [3.63, 3.8) is 0 Å². The molecule has 1 spiro atoms. The third-order valence-electron chi connectivity index (χ3n) is 8.59. The van der Waals surface area contributed by atoms with Gasteiger partial charge in [0.05, 0.1) is 46.5 Å². The quantitative estimate of drug-likeness (QED) is 0.431. The Kier molecular flexibility index (Phi) is 7.68. The zero-order valence-corrected chi connectivity index (χ0v) is 23.6. The molecule has 0 radical (unpaired) electrons. The van der Waals surface area contributed by atoms with E-state index in [2.05, 4.69) is 6.08 Å². The Hall–Kier alpha value is -2.29. The highest BCUT2D eigenvalue weighted by Crippen LogP contribution is 2.61. The topological polar surface area (TPSA) is 87.2 Å². The number of esters is 1. The monoisotopic (exact) mass is 558 g/mol. The van der Waals surface area contributed by atoms with Crippen LogP contribution in [0.2, 0.25) is 5.02 Å². The number of hydrogen-bond acceptors (Lipinski definition) is 6. The number of anilines is 1. The molecule has 0 bridgehead atoms. The molecule has 2 fully saturated rings. The molecule has 38 heavy (non-hydrogen) atoms. The first-order valence-electron chi connectivity index (χ1n) is 13.4. The van der Waals surface area contributed by atoms with Crippen molar-refractivity contribution in [2.45, 2.75) is 62.1 Å². The maximum absolute atomic E-state index is 14.6. The van der Waals surface area contributed by atoms with Crippen molar-refractivity contribution < 1.29 is 24.2 Å². The predicted molar refractivity (Wildman–Crippen MR) is 149 cm³/mol. The average molecular weight is 559 g/mol. The lowest BCUT2D eigenvalue weighted by Gasteiger charge is -2.40. The molecular weight excluding hydrogens is 524 g/mol. The fourth-order valence-electron chi connectivity index (χ4n) is 6.53. The molecule has 0 saturated carbocycles. The van der Waals surface area contributed by atoms with E-state index in [4.69, 9.17) is 16.3 Å². The number of amides is 2. The first kappa shape index (κ1) is 27.3. The summed E-state index contributed by atoms with van der Waals surface area (Å²) in [5.74, 6) is -2.45. The first-order valence-corrected chi connectivity index (χ1v) is 14.7. The van der Waals surface area contributed by atoms with Gasteiger partial charge in [-0.15, -0.1) is 11.8 Å². The molecule has 4 aliphatic rings. The highest BCUT2D eigenvalue weighted by Gasteiger charge is 2.72. The third-order valence-corrected chi connectivity index (χ3v) is 10.6. The second kappa shape index (κ2) is 10.7. The number of aryl methyl sites for hydroxylation is 1. The summed E-state index contributed by atoms with van der Waals surface area (Å²) in [6.07, 6.45) is 10.2. The van der Waals surface area contributed by atoms with Gasteiger partial charge in [0, 0.05) is 11.8 Å². The summed E-state index contributed by atoms with van der Waals surface area (Å²) in [6, 6.07) is 4.04. The van der Waals surface area contributed by atoms with Crippen LogP contribution in [0.15, 0.2) is 42.5 Å². The molecule has 204 valence electrons. The van der Waals surface area contributed by atoms with E-state index in [0.717, 1.165) is 24.8 Å². The number of benzene rings is 1. The van der Waals surface area contributed by atoms with E-state index in [1.807, 2.05) is 51.1 Å². The summed E-state index contributed by atoms with van der Waals surface area (Å²) in [6.45, 7) is 6.22. The Bertz CT molecular complexity index is 1170. The largest absolute Gasteiger partial charge is 0.465 e. The van der Waals surface area contributed by atoms with E-state index in [9.17, 15) is 19.5 Å². The number of ether oxygens (including phenoxy) is 1.